The highest BCUT2D eigenvalue weighted by Crippen LogP contribution is 2.18. The van der Waals surface area contributed by atoms with E-state index in [9.17, 15) is 22.8 Å². The van der Waals surface area contributed by atoms with Crippen molar-refractivity contribution in [2.24, 2.45) is 0 Å². The molecule has 1 saturated heterocycles. The van der Waals surface area contributed by atoms with Crippen LogP contribution in [-0.4, -0.2) is 43.5 Å². The van der Waals surface area contributed by atoms with Gasteiger partial charge >= 0.3 is 5.97 Å². The van der Waals surface area contributed by atoms with Crippen LogP contribution in [0.15, 0.2) is 24.3 Å². The highest BCUT2D eigenvalue weighted by molar-refractivity contribution is 7.92. The zero-order valence-electron chi connectivity index (χ0n) is 13.9. The van der Waals surface area contributed by atoms with E-state index in [2.05, 4.69) is 4.72 Å². The molecule has 2 amide bonds. The van der Waals surface area contributed by atoms with Crippen LogP contribution in [-0.2, 0) is 35.7 Å². The van der Waals surface area contributed by atoms with E-state index in [1.807, 2.05) is 0 Å². The quantitative estimate of drug-likeness (QED) is 0.417. The number of nitrogens with zero attached hydrogens (tertiary/aromatic N) is 1. The molecule has 1 aliphatic rings. The molecule has 1 aromatic rings. The predicted octanol–water partition coefficient (Wildman–Crippen LogP) is 1.03. The lowest BCUT2D eigenvalue weighted by atomic mass is 10.2. The van der Waals surface area contributed by atoms with Crippen LogP contribution in [0.3, 0.4) is 0 Å². The Balaban J connectivity index is 1.88. The standard InChI is InChI=1S/C16H20N2O6S/c1-12(19)24-9-2-10-25(22,23)17-14-5-3-13(4-6-14)11-18-15(20)7-8-16(18)21/h3-6,17H,2,7-11H2,1H3. The molecule has 0 spiro atoms. The zero-order chi connectivity index (χ0) is 18.4. The van der Waals surface area contributed by atoms with Gasteiger partial charge in [0.15, 0.2) is 0 Å². The SMILES string of the molecule is CC(=O)OCCCS(=O)(=O)Nc1ccc(CN2C(=O)CCC2=O)cc1. The number of imide groups is 1. The van der Waals surface area contributed by atoms with Crippen LogP contribution in [0, 0.1) is 0 Å². The number of esters is 1. The van der Waals surface area contributed by atoms with Crippen LogP contribution in [0.5, 0.6) is 0 Å². The molecule has 0 radical (unpaired) electrons. The molecular weight excluding hydrogens is 348 g/mol. The van der Waals surface area contributed by atoms with Crippen LogP contribution < -0.4 is 4.72 Å². The molecule has 9 heteroatoms. The summed E-state index contributed by atoms with van der Waals surface area (Å²) >= 11 is 0. The van der Waals surface area contributed by atoms with E-state index in [0.29, 0.717) is 5.69 Å². The topological polar surface area (TPSA) is 110 Å². The van der Waals surface area contributed by atoms with Crippen molar-refractivity contribution >= 4 is 33.5 Å². The molecule has 1 aromatic carbocycles. The van der Waals surface area contributed by atoms with Gasteiger partial charge in [-0.1, -0.05) is 12.1 Å². The molecule has 8 nitrogen and oxygen atoms in total. The summed E-state index contributed by atoms with van der Waals surface area (Å²) in [6.45, 7) is 1.50. The number of hydrogen-bond donors (Lipinski definition) is 1. The maximum Gasteiger partial charge on any atom is 0.302 e. The molecule has 1 aliphatic heterocycles. The Hall–Kier alpha value is -2.42. The lowest BCUT2D eigenvalue weighted by Crippen LogP contribution is -2.28. The Morgan fingerprint density at radius 2 is 1.76 bits per heavy atom. The highest BCUT2D eigenvalue weighted by Gasteiger charge is 2.28. The van der Waals surface area contributed by atoms with Crippen molar-refractivity contribution in [1.82, 2.24) is 4.90 Å². The van der Waals surface area contributed by atoms with E-state index in [1.54, 1.807) is 24.3 Å². The number of carbonyl (C=O) groups excluding carboxylic acids is 3. The fraction of sp³-hybridized carbons (Fsp3) is 0.438. The molecule has 0 aliphatic carbocycles. The highest BCUT2D eigenvalue weighted by atomic mass is 32.2. The molecule has 0 aromatic heterocycles. The number of ether oxygens (including phenoxy) is 1. The van der Waals surface area contributed by atoms with Gasteiger partial charge in [0.2, 0.25) is 21.8 Å². The minimum absolute atomic E-state index is 0.0487. The molecule has 1 fully saturated rings. The van der Waals surface area contributed by atoms with Crippen molar-refractivity contribution in [2.75, 3.05) is 17.1 Å². The minimum Gasteiger partial charge on any atom is -0.466 e. The maximum absolute atomic E-state index is 11.9. The predicted molar refractivity (Wildman–Crippen MR) is 89.9 cm³/mol. The fourth-order valence-corrected chi connectivity index (χ4v) is 3.45. The van der Waals surface area contributed by atoms with Gasteiger partial charge < -0.3 is 4.74 Å². The van der Waals surface area contributed by atoms with Gasteiger partial charge in [-0.3, -0.25) is 24.0 Å². The summed E-state index contributed by atoms with van der Waals surface area (Å²) in [5.74, 6) is -1.00. The van der Waals surface area contributed by atoms with E-state index in [-0.39, 0.29) is 50.0 Å². The van der Waals surface area contributed by atoms with Gasteiger partial charge in [0.05, 0.1) is 18.9 Å². The Labute approximate surface area is 146 Å². The minimum atomic E-state index is -3.55. The number of nitrogens with one attached hydrogen (secondary N) is 1. The van der Waals surface area contributed by atoms with E-state index >= 15 is 0 Å². The normalized spacial score (nSPS) is 14.7. The van der Waals surface area contributed by atoms with Crippen molar-refractivity contribution < 1.29 is 27.5 Å². The Bertz CT molecular complexity index is 741. The van der Waals surface area contributed by atoms with Gasteiger partial charge in [0.1, 0.15) is 0 Å². The number of rotatable bonds is 8. The first kappa shape index (κ1) is 18.9. The number of amides is 2. The average molecular weight is 368 g/mol. The smallest absolute Gasteiger partial charge is 0.302 e. The molecule has 0 bridgehead atoms. The first-order valence-electron chi connectivity index (χ1n) is 7.83. The molecule has 0 unspecified atom stereocenters. The first-order chi connectivity index (χ1) is 11.8. The van der Waals surface area contributed by atoms with Crippen LogP contribution in [0.25, 0.3) is 0 Å². The van der Waals surface area contributed by atoms with Gasteiger partial charge in [0, 0.05) is 25.5 Å². The molecule has 2 rings (SSSR count). The van der Waals surface area contributed by atoms with Gasteiger partial charge in [-0.2, -0.15) is 0 Å². The third kappa shape index (κ3) is 5.86. The molecule has 1 heterocycles. The summed E-state index contributed by atoms with van der Waals surface area (Å²) in [6.07, 6.45) is 0.681. The number of sulfonamides is 1. The summed E-state index contributed by atoms with van der Waals surface area (Å²) in [6, 6.07) is 6.47. The van der Waals surface area contributed by atoms with E-state index in [0.717, 1.165) is 5.56 Å². The van der Waals surface area contributed by atoms with Crippen LogP contribution in [0.1, 0.15) is 31.7 Å². The molecule has 25 heavy (non-hydrogen) atoms. The number of carbonyl (C=O) groups is 3. The third-order valence-electron chi connectivity index (χ3n) is 3.59. The van der Waals surface area contributed by atoms with Gasteiger partial charge in [0.25, 0.3) is 0 Å². The second-order valence-electron chi connectivity index (χ2n) is 5.69. The van der Waals surface area contributed by atoms with Crippen molar-refractivity contribution in [3.8, 4) is 0 Å². The summed E-state index contributed by atoms with van der Waals surface area (Å²) in [7, 11) is -3.55. The number of anilines is 1. The molecule has 1 N–H and O–H groups in total. The van der Waals surface area contributed by atoms with Crippen LogP contribution in [0.2, 0.25) is 0 Å². The fourth-order valence-electron chi connectivity index (χ4n) is 2.36. The van der Waals surface area contributed by atoms with E-state index < -0.39 is 16.0 Å². The average Bonchev–Trinajstić information content (AvgIpc) is 2.85. The second kappa shape index (κ2) is 8.11. The van der Waals surface area contributed by atoms with Crippen molar-refractivity contribution in [2.45, 2.75) is 32.7 Å². The van der Waals surface area contributed by atoms with Crippen LogP contribution in [0.4, 0.5) is 5.69 Å². The number of likely N-dealkylation sites (tertiary alicyclic amines) is 1. The van der Waals surface area contributed by atoms with Gasteiger partial charge in [-0.15, -0.1) is 0 Å². The molecule has 136 valence electrons. The third-order valence-corrected chi connectivity index (χ3v) is 4.96. The van der Waals surface area contributed by atoms with Gasteiger partial charge in [-0.05, 0) is 24.1 Å². The van der Waals surface area contributed by atoms with E-state index in [4.69, 9.17) is 4.74 Å². The number of benzene rings is 1. The lowest BCUT2D eigenvalue weighted by Gasteiger charge is -2.14. The summed E-state index contributed by atoms with van der Waals surface area (Å²) in [5.41, 5.74) is 1.12. The van der Waals surface area contributed by atoms with Crippen LogP contribution >= 0.6 is 0 Å². The number of hydrogen-bond acceptors (Lipinski definition) is 6. The maximum atomic E-state index is 11.9. The molecule has 0 atom stereocenters. The first-order valence-corrected chi connectivity index (χ1v) is 9.48. The lowest BCUT2D eigenvalue weighted by molar-refractivity contribution is -0.141. The zero-order valence-corrected chi connectivity index (χ0v) is 14.7. The van der Waals surface area contributed by atoms with Crippen molar-refractivity contribution in [3.63, 3.8) is 0 Å². The summed E-state index contributed by atoms with van der Waals surface area (Å²) in [4.78, 5) is 35.0. The molecular formula is C16H20N2O6S. The van der Waals surface area contributed by atoms with Crippen molar-refractivity contribution in [3.05, 3.63) is 29.8 Å². The molecule has 0 saturated carbocycles. The van der Waals surface area contributed by atoms with Crippen molar-refractivity contribution in [1.29, 1.82) is 0 Å². The monoisotopic (exact) mass is 368 g/mol. The largest absolute Gasteiger partial charge is 0.466 e. The van der Waals surface area contributed by atoms with Gasteiger partial charge in [-0.25, -0.2) is 8.42 Å². The van der Waals surface area contributed by atoms with E-state index in [1.165, 1.54) is 11.8 Å². The Morgan fingerprint density at radius 1 is 1.16 bits per heavy atom. The summed E-state index contributed by atoms with van der Waals surface area (Å²) < 4.78 is 31.0. The Kier molecular flexibility index (Phi) is 6.13. The second-order valence-corrected chi connectivity index (χ2v) is 7.53. The Morgan fingerprint density at radius 3 is 2.32 bits per heavy atom. The summed E-state index contributed by atoms with van der Waals surface area (Å²) in [5, 5.41) is 0.